The first-order valence-corrected chi connectivity index (χ1v) is 8.93. The molecule has 3 aromatic heterocycles. The molecule has 3 heterocycles. The molecule has 122 valence electrons. The minimum Gasteiger partial charge on any atom is -0.354 e. The number of hydrogen-bond acceptors (Lipinski definition) is 6. The normalized spacial score (nSPS) is 11.5. The summed E-state index contributed by atoms with van der Waals surface area (Å²) in [4.78, 5) is 9.38. The van der Waals surface area contributed by atoms with E-state index in [1.54, 1.807) is 0 Å². The molecule has 0 saturated heterocycles. The molecule has 0 bridgehead atoms. The zero-order valence-corrected chi connectivity index (χ0v) is 14.6. The zero-order valence-electron chi connectivity index (χ0n) is 13.8. The van der Waals surface area contributed by atoms with Crippen LogP contribution in [0.2, 0.25) is 0 Å². The van der Waals surface area contributed by atoms with Gasteiger partial charge in [-0.15, -0.1) is 0 Å². The minimum absolute atomic E-state index is 0.365. The van der Waals surface area contributed by atoms with Crippen molar-refractivity contribution in [2.24, 2.45) is 0 Å². The van der Waals surface area contributed by atoms with Crippen LogP contribution in [0, 0.1) is 0 Å². The maximum atomic E-state index is 4.72. The van der Waals surface area contributed by atoms with Gasteiger partial charge in [-0.3, -0.25) is 0 Å². The van der Waals surface area contributed by atoms with Crippen LogP contribution in [0.4, 0.5) is 5.95 Å². The van der Waals surface area contributed by atoms with Crippen molar-refractivity contribution >= 4 is 23.1 Å². The van der Waals surface area contributed by atoms with Gasteiger partial charge in [0.25, 0.3) is 0 Å². The minimum atomic E-state index is 0.365. The molecule has 0 radical (unpaired) electrons. The zero-order chi connectivity index (χ0) is 16.2. The van der Waals surface area contributed by atoms with Crippen molar-refractivity contribution in [1.82, 2.24) is 24.0 Å². The van der Waals surface area contributed by atoms with Gasteiger partial charge in [0.05, 0.1) is 18.0 Å². The highest BCUT2D eigenvalue weighted by Crippen LogP contribution is 2.24. The second-order valence-electron chi connectivity index (χ2n) is 5.91. The van der Waals surface area contributed by atoms with Gasteiger partial charge in [-0.25, -0.2) is 9.36 Å². The standard InChI is InChI=1S/C16H22N6S/c1-4-5-6-7-17-16-21-14(12-8-19-23-10-12)20-15-13(11(2)3)9-18-22(15)16/h8-11H,4-7H2,1-3H3,(H,17,20,21). The number of nitrogens with zero attached hydrogens (tertiary/aromatic N) is 5. The lowest BCUT2D eigenvalue weighted by molar-refractivity contribution is 0.735. The second-order valence-corrected chi connectivity index (χ2v) is 6.57. The summed E-state index contributed by atoms with van der Waals surface area (Å²) in [7, 11) is 0. The maximum Gasteiger partial charge on any atom is 0.227 e. The van der Waals surface area contributed by atoms with Crippen molar-refractivity contribution in [3.8, 4) is 11.4 Å². The SMILES string of the molecule is CCCCCNc1nc(-c2cnsc2)nc2c(C(C)C)cnn12. The molecular weight excluding hydrogens is 308 g/mol. The fraction of sp³-hybridized carbons (Fsp3) is 0.500. The first-order valence-electron chi connectivity index (χ1n) is 8.10. The molecular formula is C16H22N6S. The van der Waals surface area contributed by atoms with Gasteiger partial charge in [-0.2, -0.15) is 14.6 Å². The average molecular weight is 330 g/mol. The van der Waals surface area contributed by atoms with Crippen molar-refractivity contribution < 1.29 is 0 Å². The fourth-order valence-corrected chi connectivity index (χ4v) is 2.95. The summed E-state index contributed by atoms with van der Waals surface area (Å²) in [5, 5.41) is 9.86. The van der Waals surface area contributed by atoms with E-state index in [0.717, 1.165) is 35.7 Å². The van der Waals surface area contributed by atoms with E-state index in [4.69, 9.17) is 4.98 Å². The van der Waals surface area contributed by atoms with Gasteiger partial charge in [0.15, 0.2) is 11.5 Å². The van der Waals surface area contributed by atoms with Crippen LogP contribution in [0.5, 0.6) is 0 Å². The Labute approximate surface area is 140 Å². The second kappa shape index (κ2) is 7.04. The van der Waals surface area contributed by atoms with Crippen LogP contribution in [0.15, 0.2) is 17.8 Å². The Kier molecular flexibility index (Phi) is 4.85. The summed E-state index contributed by atoms with van der Waals surface area (Å²) in [6, 6.07) is 0. The molecule has 0 saturated carbocycles. The van der Waals surface area contributed by atoms with Gasteiger partial charge in [-0.05, 0) is 23.9 Å². The highest BCUT2D eigenvalue weighted by atomic mass is 32.1. The highest BCUT2D eigenvalue weighted by Gasteiger charge is 2.16. The predicted octanol–water partition coefficient (Wildman–Crippen LogP) is 3.97. The summed E-state index contributed by atoms with van der Waals surface area (Å²) in [5.41, 5.74) is 2.95. The van der Waals surface area contributed by atoms with Gasteiger partial charge >= 0.3 is 0 Å². The van der Waals surface area contributed by atoms with Crippen molar-refractivity contribution in [2.75, 3.05) is 11.9 Å². The summed E-state index contributed by atoms with van der Waals surface area (Å²) >= 11 is 1.41. The topological polar surface area (TPSA) is 68.0 Å². The summed E-state index contributed by atoms with van der Waals surface area (Å²) in [5.74, 6) is 1.81. The molecule has 0 spiro atoms. The molecule has 0 amide bonds. The smallest absolute Gasteiger partial charge is 0.227 e. The van der Waals surface area contributed by atoms with Gasteiger partial charge in [0, 0.05) is 17.5 Å². The fourth-order valence-electron chi connectivity index (χ4n) is 2.44. The number of aromatic nitrogens is 5. The van der Waals surface area contributed by atoms with Crippen molar-refractivity contribution in [1.29, 1.82) is 0 Å². The Morgan fingerprint density at radius 1 is 1.22 bits per heavy atom. The van der Waals surface area contributed by atoms with E-state index in [2.05, 4.69) is 40.5 Å². The summed E-state index contributed by atoms with van der Waals surface area (Å²) in [6.45, 7) is 7.39. The molecule has 0 unspecified atom stereocenters. The molecule has 3 rings (SSSR count). The van der Waals surface area contributed by atoms with E-state index < -0.39 is 0 Å². The van der Waals surface area contributed by atoms with Crippen molar-refractivity contribution in [2.45, 2.75) is 46.0 Å². The molecule has 0 aliphatic carbocycles. The largest absolute Gasteiger partial charge is 0.354 e. The molecule has 3 aromatic rings. The molecule has 1 N–H and O–H groups in total. The average Bonchev–Trinajstić information content (AvgIpc) is 3.20. The molecule has 0 aliphatic heterocycles. The van der Waals surface area contributed by atoms with Gasteiger partial charge in [0.2, 0.25) is 5.95 Å². The molecule has 0 atom stereocenters. The Morgan fingerprint density at radius 3 is 2.78 bits per heavy atom. The third-order valence-electron chi connectivity index (χ3n) is 3.77. The molecule has 7 heteroatoms. The van der Waals surface area contributed by atoms with Gasteiger partial charge < -0.3 is 5.32 Å². The predicted molar refractivity (Wildman–Crippen MR) is 94.0 cm³/mol. The van der Waals surface area contributed by atoms with E-state index in [1.807, 2.05) is 22.3 Å². The number of anilines is 1. The number of fused-ring (bicyclic) bond motifs is 1. The van der Waals surface area contributed by atoms with Crippen LogP contribution in [-0.2, 0) is 0 Å². The molecule has 0 aromatic carbocycles. The van der Waals surface area contributed by atoms with Crippen LogP contribution in [0.1, 0.15) is 51.5 Å². The molecule has 0 fully saturated rings. The lowest BCUT2D eigenvalue weighted by Crippen LogP contribution is -2.11. The van der Waals surface area contributed by atoms with Crippen LogP contribution in [0.3, 0.4) is 0 Å². The third kappa shape index (κ3) is 3.34. The van der Waals surface area contributed by atoms with Crippen LogP contribution >= 0.6 is 11.5 Å². The highest BCUT2D eigenvalue weighted by molar-refractivity contribution is 7.03. The van der Waals surface area contributed by atoms with Crippen LogP contribution in [-0.4, -0.2) is 30.5 Å². The van der Waals surface area contributed by atoms with E-state index in [9.17, 15) is 0 Å². The molecule has 0 aliphatic rings. The third-order valence-corrected chi connectivity index (χ3v) is 4.36. The van der Waals surface area contributed by atoms with Crippen molar-refractivity contribution in [3.05, 3.63) is 23.3 Å². The first-order chi connectivity index (χ1) is 11.2. The van der Waals surface area contributed by atoms with Crippen molar-refractivity contribution in [3.63, 3.8) is 0 Å². The quantitative estimate of drug-likeness (QED) is 0.664. The summed E-state index contributed by atoms with van der Waals surface area (Å²) < 4.78 is 5.97. The Morgan fingerprint density at radius 2 is 2.09 bits per heavy atom. The van der Waals surface area contributed by atoms with E-state index >= 15 is 0 Å². The van der Waals surface area contributed by atoms with Crippen LogP contribution < -0.4 is 5.32 Å². The lowest BCUT2D eigenvalue weighted by atomic mass is 10.1. The molecule has 6 nitrogen and oxygen atoms in total. The monoisotopic (exact) mass is 330 g/mol. The summed E-state index contributed by atoms with van der Waals surface area (Å²) in [6.07, 6.45) is 7.23. The van der Waals surface area contributed by atoms with E-state index in [1.165, 1.54) is 24.4 Å². The Balaban J connectivity index is 2.02. The first kappa shape index (κ1) is 15.9. The number of rotatable bonds is 7. The number of unbranched alkanes of at least 4 members (excludes halogenated alkanes) is 2. The van der Waals surface area contributed by atoms with Gasteiger partial charge in [0.1, 0.15) is 0 Å². The van der Waals surface area contributed by atoms with Crippen LogP contribution in [0.25, 0.3) is 17.0 Å². The Hall–Kier alpha value is -2.02. The lowest BCUT2D eigenvalue weighted by Gasteiger charge is -2.09. The number of hydrogen-bond donors (Lipinski definition) is 1. The molecule has 23 heavy (non-hydrogen) atoms. The van der Waals surface area contributed by atoms with E-state index in [-0.39, 0.29) is 0 Å². The number of nitrogens with one attached hydrogen (secondary N) is 1. The van der Waals surface area contributed by atoms with E-state index in [0.29, 0.717) is 11.7 Å². The van der Waals surface area contributed by atoms with Gasteiger partial charge in [-0.1, -0.05) is 33.6 Å². The Bertz CT molecular complexity index is 762. The maximum absolute atomic E-state index is 4.72.